The monoisotopic (exact) mass is 242 g/mol. The lowest BCUT2D eigenvalue weighted by molar-refractivity contribution is 0.0525. The van der Waals surface area contributed by atoms with Crippen molar-refractivity contribution in [3.63, 3.8) is 0 Å². The first-order chi connectivity index (χ1) is 8.74. The molecule has 2 heterocycles. The average Bonchev–Trinajstić information content (AvgIpc) is 2.40. The molecule has 0 bridgehead atoms. The van der Waals surface area contributed by atoms with Gasteiger partial charge in [-0.1, -0.05) is 6.07 Å². The molecule has 0 radical (unpaired) electrons. The lowest BCUT2D eigenvalue weighted by Crippen LogP contribution is -2.08. The quantitative estimate of drug-likeness (QED) is 0.776. The van der Waals surface area contributed by atoms with E-state index >= 15 is 0 Å². The fraction of sp³-hybridized carbons (Fsp3) is 0.214. The Morgan fingerprint density at radius 2 is 2.06 bits per heavy atom. The topological polar surface area (TPSA) is 52.1 Å². The molecule has 0 aliphatic rings. The fourth-order valence-corrected chi connectivity index (χ4v) is 1.73. The van der Waals surface area contributed by atoms with E-state index in [4.69, 9.17) is 4.74 Å². The van der Waals surface area contributed by atoms with Gasteiger partial charge in [-0.3, -0.25) is 9.97 Å². The van der Waals surface area contributed by atoms with E-state index in [1.807, 2.05) is 25.1 Å². The molecule has 92 valence electrons. The number of carbonyl (C=O) groups excluding carboxylic acids is 1. The Balaban J connectivity index is 2.46. The third-order valence-electron chi connectivity index (χ3n) is 2.61. The lowest BCUT2D eigenvalue weighted by atomic mass is 10.1. The summed E-state index contributed by atoms with van der Waals surface area (Å²) in [6.07, 6.45) is 3.30. The number of hydrogen-bond acceptors (Lipinski definition) is 4. The second kappa shape index (κ2) is 5.40. The molecular formula is C14H14N2O2. The zero-order valence-electron chi connectivity index (χ0n) is 10.4. The van der Waals surface area contributed by atoms with Crippen LogP contribution in [0.3, 0.4) is 0 Å². The first kappa shape index (κ1) is 12.2. The molecule has 0 aromatic carbocycles. The van der Waals surface area contributed by atoms with E-state index in [0.717, 1.165) is 11.3 Å². The number of hydrogen-bond donors (Lipinski definition) is 0. The highest BCUT2D eigenvalue weighted by molar-refractivity contribution is 5.92. The second-order valence-corrected chi connectivity index (χ2v) is 3.77. The van der Waals surface area contributed by atoms with Gasteiger partial charge in [0, 0.05) is 12.4 Å². The van der Waals surface area contributed by atoms with Crippen LogP contribution in [0.4, 0.5) is 0 Å². The van der Waals surface area contributed by atoms with Crippen molar-refractivity contribution in [2.24, 2.45) is 0 Å². The van der Waals surface area contributed by atoms with E-state index in [1.165, 1.54) is 0 Å². The van der Waals surface area contributed by atoms with Crippen molar-refractivity contribution in [1.82, 2.24) is 9.97 Å². The van der Waals surface area contributed by atoms with E-state index < -0.39 is 0 Å². The summed E-state index contributed by atoms with van der Waals surface area (Å²) in [7, 11) is 0. The first-order valence-electron chi connectivity index (χ1n) is 5.78. The molecule has 0 aliphatic carbocycles. The number of ether oxygens (including phenoxy) is 1. The number of nitrogens with zero attached hydrogens (tertiary/aromatic N) is 2. The SMILES string of the molecule is CCOC(=O)c1ccnc(-c2ccccn2)c1C. The van der Waals surface area contributed by atoms with Gasteiger partial charge >= 0.3 is 5.97 Å². The molecule has 2 aromatic heterocycles. The summed E-state index contributed by atoms with van der Waals surface area (Å²) in [5.74, 6) is -0.324. The molecule has 0 amide bonds. The van der Waals surface area contributed by atoms with Crippen molar-refractivity contribution in [3.05, 3.63) is 47.8 Å². The van der Waals surface area contributed by atoms with E-state index in [-0.39, 0.29) is 5.97 Å². The van der Waals surface area contributed by atoms with Gasteiger partial charge in [0.1, 0.15) is 0 Å². The number of rotatable bonds is 3. The smallest absolute Gasteiger partial charge is 0.338 e. The molecule has 0 fully saturated rings. The molecule has 0 saturated carbocycles. The number of aromatic nitrogens is 2. The van der Waals surface area contributed by atoms with Crippen LogP contribution in [0.15, 0.2) is 36.7 Å². The minimum absolute atomic E-state index is 0.324. The lowest BCUT2D eigenvalue weighted by Gasteiger charge is -2.09. The highest BCUT2D eigenvalue weighted by Gasteiger charge is 2.14. The van der Waals surface area contributed by atoms with Gasteiger partial charge in [-0.05, 0) is 37.6 Å². The van der Waals surface area contributed by atoms with Crippen molar-refractivity contribution in [3.8, 4) is 11.4 Å². The summed E-state index contributed by atoms with van der Waals surface area (Å²) < 4.78 is 5.01. The van der Waals surface area contributed by atoms with Crippen LogP contribution in [0.25, 0.3) is 11.4 Å². The van der Waals surface area contributed by atoms with E-state index in [1.54, 1.807) is 25.4 Å². The average molecular weight is 242 g/mol. The van der Waals surface area contributed by atoms with Crippen LogP contribution in [0, 0.1) is 6.92 Å². The van der Waals surface area contributed by atoms with Crippen molar-refractivity contribution < 1.29 is 9.53 Å². The van der Waals surface area contributed by atoms with Gasteiger partial charge in [0.25, 0.3) is 0 Å². The Hall–Kier alpha value is -2.23. The van der Waals surface area contributed by atoms with Crippen LogP contribution in [-0.4, -0.2) is 22.5 Å². The molecule has 4 heteroatoms. The molecule has 0 saturated heterocycles. The number of pyridine rings is 2. The van der Waals surface area contributed by atoms with Crippen LogP contribution in [0.2, 0.25) is 0 Å². The number of esters is 1. The summed E-state index contributed by atoms with van der Waals surface area (Å²) in [4.78, 5) is 20.3. The summed E-state index contributed by atoms with van der Waals surface area (Å²) >= 11 is 0. The molecule has 4 nitrogen and oxygen atoms in total. The summed E-state index contributed by atoms with van der Waals surface area (Å²) in [6.45, 7) is 4.00. The minimum Gasteiger partial charge on any atom is -0.462 e. The maximum Gasteiger partial charge on any atom is 0.338 e. The van der Waals surface area contributed by atoms with Gasteiger partial charge in [-0.25, -0.2) is 4.79 Å². The first-order valence-corrected chi connectivity index (χ1v) is 5.78. The normalized spacial score (nSPS) is 10.1. The Kier molecular flexibility index (Phi) is 3.67. The second-order valence-electron chi connectivity index (χ2n) is 3.77. The number of carbonyl (C=O) groups is 1. The van der Waals surface area contributed by atoms with Gasteiger partial charge in [0.2, 0.25) is 0 Å². The highest BCUT2D eigenvalue weighted by atomic mass is 16.5. The van der Waals surface area contributed by atoms with Crippen molar-refractivity contribution in [1.29, 1.82) is 0 Å². The molecule has 2 rings (SSSR count). The highest BCUT2D eigenvalue weighted by Crippen LogP contribution is 2.21. The Bertz CT molecular complexity index is 553. The van der Waals surface area contributed by atoms with Crippen LogP contribution in [-0.2, 0) is 4.74 Å². The Morgan fingerprint density at radius 3 is 2.72 bits per heavy atom. The van der Waals surface area contributed by atoms with Gasteiger partial charge in [0.05, 0.1) is 23.6 Å². The minimum atomic E-state index is -0.324. The molecule has 0 atom stereocenters. The van der Waals surface area contributed by atoms with Crippen LogP contribution >= 0.6 is 0 Å². The predicted molar refractivity (Wildman–Crippen MR) is 68.2 cm³/mol. The largest absolute Gasteiger partial charge is 0.462 e. The summed E-state index contributed by atoms with van der Waals surface area (Å²) in [5.41, 5.74) is 2.78. The maximum absolute atomic E-state index is 11.8. The maximum atomic E-state index is 11.8. The third-order valence-corrected chi connectivity index (χ3v) is 2.61. The zero-order valence-corrected chi connectivity index (χ0v) is 10.4. The van der Waals surface area contributed by atoms with Crippen molar-refractivity contribution in [2.45, 2.75) is 13.8 Å². The van der Waals surface area contributed by atoms with Gasteiger partial charge in [0.15, 0.2) is 0 Å². The Labute approximate surface area is 106 Å². The third kappa shape index (κ3) is 2.37. The molecular weight excluding hydrogens is 228 g/mol. The molecule has 0 spiro atoms. The van der Waals surface area contributed by atoms with Gasteiger partial charge in [-0.15, -0.1) is 0 Å². The van der Waals surface area contributed by atoms with Gasteiger partial charge < -0.3 is 4.74 Å². The zero-order chi connectivity index (χ0) is 13.0. The summed E-state index contributed by atoms with van der Waals surface area (Å²) in [6, 6.07) is 7.26. The van der Waals surface area contributed by atoms with Crippen molar-refractivity contribution in [2.75, 3.05) is 6.61 Å². The van der Waals surface area contributed by atoms with E-state index in [0.29, 0.717) is 17.9 Å². The van der Waals surface area contributed by atoms with Crippen LogP contribution in [0.1, 0.15) is 22.8 Å². The van der Waals surface area contributed by atoms with E-state index in [2.05, 4.69) is 9.97 Å². The standard InChI is InChI=1S/C14H14N2O2/c1-3-18-14(17)11-7-9-16-13(10(11)2)12-6-4-5-8-15-12/h4-9H,3H2,1-2H3. The van der Waals surface area contributed by atoms with Crippen LogP contribution in [0.5, 0.6) is 0 Å². The molecule has 0 aliphatic heterocycles. The van der Waals surface area contributed by atoms with Crippen molar-refractivity contribution >= 4 is 5.97 Å². The Morgan fingerprint density at radius 1 is 1.22 bits per heavy atom. The van der Waals surface area contributed by atoms with E-state index in [9.17, 15) is 4.79 Å². The predicted octanol–water partition coefficient (Wildman–Crippen LogP) is 2.63. The molecule has 0 N–H and O–H groups in total. The fourth-order valence-electron chi connectivity index (χ4n) is 1.73. The van der Waals surface area contributed by atoms with Crippen LogP contribution < -0.4 is 0 Å². The molecule has 2 aromatic rings. The molecule has 0 unspecified atom stereocenters. The molecule has 18 heavy (non-hydrogen) atoms. The summed E-state index contributed by atoms with van der Waals surface area (Å²) in [5, 5.41) is 0. The van der Waals surface area contributed by atoms with Gasteiger partial charge in [-0.2, -0.15) is 0 Å².